The highest BCUT2D eigenvalue weighted by molar-refractivity contribution is 7.71. The van der Waals surface area contributed by atoms with Crippen LogP contribution >= 0.6 is 0 Å². The van der Waals surface area contributed by atoms with E-state index in [1.807, 2.05) is 6.07 Å². The number of ether oxygens (including phenoxy) is 2. The molecule has 1 N–H and O–H groups in total. The number of esters is 1. The van der Waals surface area contributed by atoms with Crippen molar-refractivity contribution in [3.05, 3.63) is 58.4 Å². The van der Waals surface area contributed by atoms with Gasteiger partial charge in [0.1, 0.15) is 34.1 Å². The van der Waals surface area contributed by atoms with E-state index in [1.165, 1.54) is 25.1 Å². The topological polar surface area (TPSA) is 114 Å². The average Bonchev–Trinajstić information content (AvgIpc) is 2.92. The highest BCUT2D eigenvalue weighted by Crippen LogP contribution is 2.48. The Balaban J connectivity index is 2.09. The smallest absolute Gasteiger partial charge is 0.303 e. The van der Waals surface area contributed by atoms with E-state index < -0.39 is 34.7 Å². The van der Waals surface area contributed by atoms with E-state index in [4.69, 9.17) is 14.7 Å². The standard InChI is InChI=1S/C19H16FNO6S/c1-10(22)26-17-7-15(23)19-16(3-2-12(18(17)19)9-28(24)25)27-14-5-11(8-21)4-13(20)6-14/h2-6,15,17,23,28H,7,9H2,1H3/t15?,17-/m1/s1. The minimum Gasteiger partial charge on any atom is -0.458 e. The minimum atomic E-state index is -2.75. The Hall–Kier alpha value is -2.96. The van der Waals surface area contributed by atoms with E-state index >= 15 is 0 Å². The van der Waals surface area contributed by atoms with Gasteiger partial charge in [-0.05, 0) is 23.8 Å². The molecule has 0 amide bonds. The molecule has 0 aliphatic heterocycles. The molecule has 2 atom stereocenters. The van der Waals surface area contributed by atoms with E-state index in [0.29, 0.717) is 11.1 Å². The van der Waals surface area contributed by atoms with Crippen molar-refractivity contribution in [2.75, 3.05) is 0 Å². The van der Waals surface area contributed by atoms with E-state index in [1.54, 1.807) is 0 Å². The number of hydrogen-bond acceptors (Lipinski definition) is 7. The van der Waals surface area contributed by atoms with Gasteiger partial charge in [-0.2, -0.15) is 5.26 Å². The number of carbonyl (C=O) groups is 1. The minimum absolute atomic E-state index is 0.0459. The maximum atomic E-state index is 13.7. The van der Waals surface area contributed by atoms with Gasteiger partial charge >= 0.3 is 5.97 Å². The molecule has 2 aromatic carbocycles. The van der Waals surface area contributed by atoms with Gasteiger partial charge in [0, 0.05) is 30.5 Å². The number of aliphatic hydroxyl groups excluding tert-OH is 1. The first-order valence-electron chi connectivity index (χ1n) is 8.29. The van der Waals surface area contributed by atoms with Gasteiger partial charge in [0.15, 0.2) is 0 Å². The van der Waals surface area contributed by atoms with Crippen molar-refractivity contribution < 1.29 is 32.2 Å². The van der Waals surface area contributed by atoms with Crippen LogP contribution in [0.15, 0.2) is 30.3 Å². The molecule has 7 nitrogen and oxygen atoms in total. The largest absolute Gasteiger partial charge is 0.458 e. The number of nitrogens with zero attached hydrogens (tertiary/aromatic N) is 1. The molecular formula is C19H16FNO6S. The van der Waals surface area contributed by atoms with Crippen molar-refractivity contribution >= 4 is 16.7 Å². The van der Waals surface area contributed by atoms with Crippen LogP contribution in [0.3, 0.4) is 0 Å². The zero-order valence-corrected chi connectivity index (χ0v) is 15.6. The van der Waals surface area contributed by atoms with Crippen LogP contribution in [0.5, 0.6) is 11.5 Å². The van der Waals surface area contributed by atoms with Crippen molar-refractivity contribution in [3.8, 4) is 17.6 Å². The van der Waals surface area contributed by atoms with Crippen molar-refractivity contribution in [1.29, 1.82) is 5.26 Å². The second-order valence-corrected chi connectivity index (χ2v) is 7.26. The average molecular weight is 405 g/mol. The number of aliphatic hydroxyl groups is 1. The van der Waals surface area contributed by atoms with Crippen LogP contribution in [0.4, 0.5) is 4.39 Å². The maximum absolute atomic E-state index is 13.7. The van der Waals surface area contributed by atoms with E-state index in [0.717, 1.165) is 12.1 Å². The Bertz CT molecular complexity index is 1050. The zero-order valence-electron chi connectivity index (χ0n) is 14.7. The maximum Gasteiger partial charge on any atom is 0.303 e. The third-order valence-corrected chi connectivity index (χ3v) is 4.86. The van der Waals surface area contributed by atoms with E-state index in [-0.39, 0.29) is 34.8 Å². The fraction of sp³-hybridized carbons (Fsp3) is 0.263. The summed E-state index contributed by atoms with van der Waals surface area (Å²) in [6.07, 6.45) is -1.84. The highest BCUT2D eigenvalue weighted by Gasteiger charge is 2.37. The predicted octanol–water partition coefficient (Wildman–Crippen LogP) is 2.64. The van der Waals surface area contributed by atoms with Crippen molar-refractivity contribution in [3.63, 3.8) is 0 Å². The van der Waals surface area contributed by atoms with Crippen LogP contribution in [0.25, 0.3) is 0 Å². The first-order valence-corrected chi connectivity index (χ1v) is 9.66. The molecule has 0 saturated heterocycles. The Kier molecular flexibility index (Phi) is 5.63. The number of carbonyl (C=O) groups excluding carboxylic acids is 1. The molecule has 2 aromatic rings. The summed E-state index contributed by atoms with van der Waals surface area (Å²) in [6, 6.07) is 8.25. The summed E-state index contributed by atoms with van der Waals surface area (Å²) >= 11 is 0. The van der Waals surface area contributed by atoms with Gasteiger partial charge in [-0.1, -0.05) is 6.07 Å². The Labute approximate surface area is 161 Å². The van der Waals surface area contributed by atoms with Gasteiger partial charge in [0.2, 0.25) is 0 Å². The van der Waals surface area contributed by atoms with Crippen LogP contribution in [-0.2, 0) is 26.0 Å². The monoisotopic (exact) mass is 405 g/mol. The number of hydrogen-bond donors (Lipinski definition) is 2. The third-order valence-electron chi connectivity index (χ3n) is 4.27. The summed E-state index contributed by atoms with van der Waals surface area (Å²) in [6.45, 7) is 1.22. The Morgan fingerprint density at radius 3 is 2.71 bits per heavy atom. The molecule has 9 heteroatoms. The molecule has 3 rings (SSSR count). The molecule has 0 aromatic heterocycles. The lowest BCUT2D eigenvalue weighted by atomic mass is 10.0. The van der Waals surface area contributed by atoms with Gasteiger partial charge in [-0.15, -0.1) is 0 Å². The van der Waals surface area contributed by atoms with Crippen molar-refractivity contribution in [2.24, 2.45) is 0 Å². The number of halogens is 1. The molecular weight excluding hydrogens is 389 g/mol. The summed E-state index contributed by atoms with van der Waals surface area (Å²) in [5.74, 6) is -1.32. The fourth-order valence-electron chi connectivity index (χ4n) is 3.31. The lowest BCUT2D eigenvalue weighted by Gasteiger charge is -2.17. The van der Waals surface area contributed by atoms with Gasteiger partial charge in [-0.25, -0.2) is 12.8 Å². The summed E-state index contributed by atoms with van der Waals surface area (Å²) in [7, 11) is -2.75. The molecule has 0 saturated carbocycles. The first-order chi connectivity index (χ1) is 13.3. The Morgan fingerprint density at radius 1 is 1.32 bits per heavy atom. The van der Waals surface area contributed by atoms with Crippen molar-refractivity contribution in [2.45, 2.75) is 31.3 Å². The highest BCUT2D eigenvalue weighted by atomic mass is 32.2. The predicted molar refractivity (Wildman–Crippen MR) is 95.7 cm³/mol. The normalized spacial score (nSPS) is 17.8. The summed E-state index contributed by atoms with van der Waals surface area (Å²) < 4.78 is 47.1. The van der Waals surface area contributed by atoms with Crippen LogP contribution < -0.4 is 4.74 Å². The van der Waals surface area contributed by atoms with E-state index in [9.17, 15) is 22.7 Å². The lowest BCUT2D eigenvalue weighted by molar-refractivity contribution is -0.147. The third kappa shape index (κ3) is 4.13. The molecule has 0 bridgehead atoms. The molecule has 0 heterocycles. The molecule has 146 valence electrons. The van der Waals surface area contributed by atoms with Crippen molar-refractivity contribution in [1.82, 2.24) is 0 Å². The SMILES string of the molecule is CC(=O)O[C@@H]1CC(O)c2c(Oc3cc(F)cc(C#N)c3)ccc(C[SH](=O)=O)c21. The van der Waals surface area contributed by atoms with Gasteiger partial charge < -0.3 is 14.6 Å². The van der Waals surface area contributed by atoms with Crippen LogP contribution in [0.2, 0.25) is 0 Å². The summed E-state index contributed by atoms with van der Waals surface area (Å²) in [5, 5.41) is 19.5. The second-order valence-electron chi connectivity index (χ2n) is 6.28. The fourth-order valence-corrected chi connectivity index (χ4v) is 3.86. The number of benzene rings is 2. The second kappa shape index (κ2) is 7.96. The molecule has 1 unspecified atom stereocenters. The molecule has 0 spiro atoms. The molecule has 28 heavy (non-hydrogen) atoms. The molecule has 1 aliphatic rings. The zero-order chi connectivity index (χ0) is 20.4. The van der Waals surface area contributed by atoms with Gasteiger partial charge in [0.25, 0.3) is 0 Å². The van der Waals surface area contributed by atoms with Gasteiger partial charge in [0.05, 0.1) is 23.5 Å². The quantitative estimate of drug-likeness (QED) is 0.581. The molecule has 1 aliphatic carbocycles. The number of rotatable bonds is 5. The summed E-state index contributed by atoms with van der Waals surface area (Å²) in [5.41, 5.74) is 1.10. The van der Waals surface area contributed by atoms with Gasteiger partial charge in [-0.3, -0.25) is 4.79 Å². The molecule has 0 fully saturated rings. The lowest BCUT2D eigenvalue weighted by Crippen LogP contribution is -2.08. The number of fused-ring (bicyclic) bond motifs is 1. The van der Waals surface area contributed by atoms with E-state index in [2.05, 4.69) is 0 Å². The molecule has 0 radical (unpaired) electrons. The van der Waals surface area contributed by atoms with Crippen LogP contribution in [-0.4, -0.2) is 19.5 Å². The first kappa shape index (κ1) is 19.8. The van der Waals surface area contributed by atoms with Crippen LogP contribution in [0, 0.1) is 17.1 Å². The number of nitriles is 1. The summed E-state index contributed by atoms with van der Waals surface area (Å²) in [4.78, 5) is 11.4. The Morgan fingerprint density at radius 2 is 2.07 bits per heavy atom. The number of thiol groups is 1. The van der Waals surface area contributed by atoms with Crippen LogP contribution in [0.1, 0.15) is 47.8 Å².